The van der Waals surface area contributed by atoms with Crippen LogP contribution >= 0.6 is 0 Å². The van der Waals surface area contributed by atoms with E-state index in [1.54, 1.807) is 0 Å². The lowest BCUT2D eigenvalue weighted by Gasteiger charge is -2.30. The van der Waals surface area contributed by atoms with E-state index in [0.717, 1.165) is 31.1 Å². The molecule has 0 bridgehead atoms. The highest BCUT2D eigenvalue weighted by molar-refractivity contribution is 5.31. The Morgan fingerprint density at radius 2 is 1.62 bits per heavy atom. The second kappa shape index (κ2) is 8.90. The van der Waals surface area contributed by atoms with Crippen molar-refractivity contribution >= 4 is 0 Å². The van der Waals surface area contributed by atoms with Gasteiger partial charge in [-0.1, -0.05) is 20.8 Å². The second-order valence-electron chi connectivity index (χ2n) is 5.99. The predicted octanol–water partition coefficient (Wildman–Crippen LogP) is 2.77. The van der Waals surface area contributed by atoms with Crippen molar-refractivity contribution in [3.05, 3.63) is 24.3 Å². The van der Waals surface area contributed by atoms with Crippen molar-refractivity contribution in [2.24, 2.45) is 11.1 Å². The number of rotatable bonds is 10. The van der Waals surface area contributed by atoms with Gasteiger partial charge in [-0.15, -0.1) is 0 Å². The molecule has 21 heavy (non-hydrogen) atoms. The molecule has 2 N–H and O–H groups in total. The van der Waals surface area contributed by atoms with Crippen LogP contribution in [0.4, 0.5) is 0 Å². The van der Waals surface area contributed by atoms with Crippen molar-refractivity contribution in [2.45, 2.75) is 27.7 Å². The Hall–Kier alpha value is -1.26. The second-order valence-corrected chi connectivity index (χ2v) is 5.99. The molecule has 1 aromatic rings. The van der Waals surface area contributed by atoms with Crippen molar-refractivity contribution < 1.29 is 9.47 Å². The summed E-state index contributed by atoms with van der Waals surface area (Å²) in [5.74, 6) is 1.76. The Bertz CT molecular complexity index is 390. The highest BCUT2D eigenvalue weighted by atomic mass is 16.5. The van der Waals surface area contributed by atoms with Crippen LogP contribution in [0.25, 0.3) is 0 Å². The molecule has 0 spiro atoms. The van der Waals surface area contributed by atoms with Crippen molar-refractivity contribution in [2.75, 3.05) is 39.4 Å². The first-order valence-corrected chi connectivity index (χ1v) is 7.79. The molecule has 0 aromatic heterocycles. The Labute approximate surface area is 129 Å². The van der Waals surface area contributed by atoms with Crippen molar-refractivity contribution in [3.8, 4) is 11.5 Å². The smallest absolute Gasteiger partial charge is 0.119 e. The van der Waals surface area contributed by atoms with E-state index in [9.17, 15) is 0 Å². The van der Waals surface area contributed by atoms with Crippen LogP contribution in [0, 0.1) is 5.41 Å². The Morgan fingerprint density at radius 3 is 2.10 bits per heavy atom. The average Bonchev–Trinajstić information content (AvgIpc) is 2.48. The van der Waals surface area contributed by atoms with Gasteiger partial charge in [-0.25, -0.2) is 0 Å². The summed E-state index contributed by atoms with van der Waals surface area (Å²) < 4.78 is 11.2. The van der Waals surface area contributed by atoms with Crippen LogP contribution in [0.5, 0.6) is 11.5 Å². The summed E-state index contributed by atoms with van der Waals surface area (Å²) >= 11 is 0. The molecular weight excluding hydrogens is 264 g/mol. The molecule has 1 rings (SSSR count). The predicted molar refractivity (Wildman–Crippen MR) is 88.1 cm³/mol. The quantitative estimate of drug-likeness (QED) is 0.721. The lowest BCUT2D eigenvalue weighted by molar-refractivity contribution is 0.160. The van der Waals surface area contributed by atoms with Crippen LogP contribution in [0.2, 0.25) is 0 Å². The van der Waals surface area contributed by atoms with Crippen LogP contribution in [-0.4, -0.2) is 44.3 Å². The van der Waals surface area contributed by atoms with E-state index in [0.29, 0.717) is 19.8 Å². The molecule has 0 saturated heterocycles. The summed E-state index contributed by atoms with van der Waals surface area (Å²) in [4.78, 5) is 2.38. The van der Waals surface area contributed by atoms with Crippen LogP contribution in [0.3, 0.4) is 0 Å². The fourth-order valence-corrected chi connectivity index (χ4v) is 2.11. The van der Waals surface area contributed by atoms with Crippen molar-refractivity contribution in [1.82, 2.24) is 4.90 Å². The van der Waals surface area contributed by atoms with Crippen molar-refractivity contribution in [3.63, 3.8) is 0 Å². The first kappa shape index (κ1) is 17.8. The number of ether oxygens (including phenoxy) is 2. The normalized spacial score (nSPS) is 11.7. The Morgan fingerprint density at radius 1 is 1.05 bits per heavy atom. The number of hydrogen-bond donors (Lipinski definition) is 1. The van der Waals surface area contributed by atoms with E-state index < -0.39 is 0 Å². The molecule has 0 fully saturated rings. The maximum atomic E-state index is 5.80. The Kier molecular flexibility index (Phi) is 7.54. The lowest BCUT2D eigenvalue weighted by Crippen LogP contribution is -2.40. The molecule has 0 radical (unpaired) electrons. The summed E-state index contributed by atoms with van der Waals surface area (Å²) in [5.41, 5.74) is 5.95. The van der Waals surface area contributed by atoms with Crippen molar-refractivity contribution in [1.29, 1.82) is 0 Å². The van der Waals surface area contributed by atoms with Gasteiger partial charge in [0.2, 0.25) is 0 Å². The maximum Gasteiger partial charge on any atom is 0.119 e. The van der Waals surface area contributed by atoms with Crippen LogP contribution in [0.1, 0.15) is 27.7 Å². The third kappa shape index (κ3) is 6.82. The van der Waals surface area contributed by atoms with Gasteiger partial charge in [-0.2, -0.15) is 0 Å². The third-order valence-electron chi connectivity index (χ3n) is 3.46. The fourth-order valence-electron chi connectivity index (χ4n) is 2.11. The Balaban J connectivity index is 2.37. The number of benzene rings is 1. The maximum absolute atomic E-state index is 5.80. The summed E-state index contributed by atoms with van der Waals surface area (Å²) in [5, 5.41) is 0. The molecule has 0 heterocycles. The molecule has 4 nitrogen and oxygen atoms in total. The van der Waals surface area contributed by atoms with Crippen LogP contribution < -0.4 is 15.2 Å². The first-order chi connectivity index (χ1) is 10.0. The van der Waals surface area contributed by atoms with Gasteiger partial charge in [0.1, 0.15) is 18.1 Å². The summed E-state index contributed by atoms with van der Waals surface area (Å²) in [6.45, 7) is 13.5. The molecule has 0 unspecified atom stereocenters. The zero-order valence-electron chi connectivity index (χ0n) is 13.9. The minimum absolute atomic E-state index is 0.148. The highest BCUT2D eigenvalue weighted by Gasteiger charge is 2.19. The molecular formula is C17H30N2O2. The molecule has 0 aliphatic rings. The van der Waals surface area contributed by atoms with Gasteiger partial charge in [-0.05, 0) is 49.7 Å². The van der Waals surface area contributed by atoms with Crippen LogP contribution in [0.15, 0.2) is 24.3 Å². The molecule has 0 saturated carbocycles. The fraction of sp³-hybridized carbons (Fsp3) is 0.647. The van der Waals surface area contributed by atoms with Gasteiger partial charge in [0.05, 0.1) is 6.61 Å². The SMILES string of the molecule is CCOc1ccc(OCCN(CC)CC(C)(C)CN)cc1. The molecule has 120 valence electrons. The molecule has 0 amide bonds. The molecule has 0 aliphatic heterocycles. The summed E-state index contributed by atoms with van der Waals surface area (Å²) in [6.07, 6.45) is 0. The van der Waals surface area contributed by atoms with Gasteiger partial charge >= 0.3 is 0 Å². The van der Waals surface area contributed by atoms with Gasteiger partial charge in [-0.3, -0.25) is 4.90 Å². The van der Waals surface area contributed by atoms with Gasteiger partial charge < -0.3 is 15.2 Å². The minimum atomic E-state index is 0.148. The number of nitrogens with two attached hydrogens (primary N) is 1. The van der Waals surface area contributed by atoms with Gasteiger partial charge in [0.15, 0.2) is 0 Å². The largest absolute Gasteiger partial charge is 0.494 e. The molecule has 4 heteroatoms. The number of likely N-dealkylation sites (N-methyl/N-ethyl adjacent to an activating group) is 1. The molecule has 0 atom stereocenters. The minimum Gasteiger partial charge on any atom is -0.494 e. The standard InChI is InChI=1S/C17H30N2O2/c1-5-19(14-17(3,4)13-18)11-12-21-16-9-7-15(8-10-16)20-6-2/h7-10H,5-6,11-14,18H2,1-4H3. The molecule has 1 aromatic carbocycles. The first-order valence-electron chi connectivity index (χ1n) is 7.79. The molecule has 0 aliphatic carbocycles. The van der Waals surface area contributed by atoms with Gasteiger partial charge in [0, 0.05) is 13.1 Å². The van der Waals surface area contributed by atoms with E-state index in [4.69, 9.17) is 15.2 Å². The monoisotopic (exact) mass is 294 g/mol. The number of hydrogen-bond acceptors (Lipinski definition) is 4. The number of nitrogens with zero attached hydrogens (tertiary/aromatic N) is 1. The summed E-state index contributed by atoms with van der Waals surface area (Å²) in [7, 11) is 0. The zero-order chi connectivity index (χ0) is 15.7. The van der Waals surface area contributed by atoms with E-state index in [1.807, 2.05) is 31.2 Å². The van der Waals surface area contributed by atoms with Gasteiger partial charge in [0.25, 0.3) is 0 Å². The van der Waals surface area contributed by atoms with Crippen LogP contribution in [-0.2, 0) is 0 Å². The zero-order valence-corrected chi connectivity index (χ0v) is 13.9. The van der Waals surface area contributed by atoms with E-state index in [2.05, 4.69) is 25.7 Å². The van der Waals surface area contributed by atoms with E-state index >= 15 is 0 Å². The summed E-state index contributed by atoms with van der Waals surface area (Å²) in [6, 6.07) is 7.78. The third-order valence-corrected chi connectivity index (χ3v) is 3.46. The van der Waals surface area contributed by atoms with E-state index in [1.165, 1.54) is 0 Å². The highest BCUT2D eigenvalue weighted by Crippen LogP contribution is 2.18. The topological polar surface area (TPSA) is 47.7 Å². The average molecular weight is 294 g/mol. The van der Waals surface area contributed by atoms with E-state index in [-0.39, 0.29) is 5.41 Å². The lowest BCUT2D eigenvalue weighted by atomic mass is 9.93.